The number of benzene rings is 2. The normalized spacial score (nSPS) is 20.1. The number of carbonyl (C=O) groups is 1. The van der Waals surface area contributed by atoms with Crippen LogP contribution in [0.4, 0.5) is 0 Å². The molecule has 102 valence electrons. The van der Waals surface area contributed by atoms with Crippen LogP contribution in [0.2, 0.25) is 0 Å². The molecule has 3 nitrogen and oxygen atoms in total. The zero-order chi connectivity index (χ0) is 14.1. The van der Waals surface area contributed by atoms with E-state index in [0.29, 0.717) is 5.56 Å². The van der Waals surface area contributed by atoms with E-state index in [0.717, 1.165) is 28.9 Å². The van der Waals surface area contributed by atoms with E-state index in [-0.39, 0.29) is 12.0 Å². The van der Waals surface area contributed by atoms with Crippen LogP contribution in [0, 0.1) is 0 Å². The third-order valence-corrected chi connectivity index (χ3v) is 3.81. The molecule has 20 heavy (non-hydrogen) atoms. The summed E-state index contributed by atoms with van der Waals surface area (Å²) < 4.78 is 11.2. The van der Waals surface area contributed by atoms with E-state index in [4.69, 9.17) is 9.47 Å². The fourth-order valence-electron chi connectivity index (χ4n) is 2.66. The summed E-state index contributed by atoms with van der Waals surface area (Å²) in [6.07, 6.45) is 0.853. The minimum absolute atomic E-state index is 0.0159. The van der Waals surface area contributed by atoms with Crippen LogP contribution in [0.1, 0.15) is 40.4 Å². The maximum Gasteiger partial charge on any atom is 0.150 e. The summed E-state index contributed by atoms with van der Waals surface area (Å²) in [7, 11) is 1.65. The first-order valence-electron chi connectivity index (χ1n) is 6.62. The van der Waals surface area contributed by atoms with Crippen LogP contribution in [-0.2, 0) is 0 Å². The second-order valence-corrected chi connectivity index (χ2v) is 5.02. The van der Waals surface area contributed by atoms with Crippen molar-refractivity contribution in [3.05, 3.63) is 59.2 Å². The van der Waals surface area contributed by atoms with Crippen LogP contribution in [0.15, 0.2) is 42.5 Å². The fourth-order valence-corrected chi connectivity index (χ4v) is 2.66. The molecule has 0 unspecified atom stereocenters. The van der Waals surface area contributed by atoms with Gasteiger partial charge in [-0.05, 0) is 35.9 Å². The van der Waals surface area contributed by atoms with Gasteiger partial charge < -0.3 is 9.47 Å². The smallest absolute Gasteiger partial charge is 0.150 e. The molecule has 1 aliphatic rings. The zero-order valence-corrected chi connectivity index (χ0v) is 11.5. The molecule has 1 aliphatic heterocycles. The summed E-state index contributed by atoms with van der Waals surface area (Å²) in [5.74, 6) is 1.92. The SMILES string of the molecule is COc1ccc([C@H]2Oc3ccc(C=O)cc3[C@@H]2C)cc1. The summed E-state index contributed by atoms with van der Waals surface area (Å²) in [6.45, 7) is 2.12. The molecule has 2 aromatic rings. The molecule has 2 aromatic carbocycles. The summed E-state index contributed by atoms with van der Waals surface area (Å²) in [4.78, 5) is 10.9. The molecule has 2 atom stereocenters. The number of ether oxygens (including phenoxy) is 2. The third-order valence-electron chi connectivity index (χ3n) is 3.81. The van der Waals surface area contributed by atoms with Crippen LogP contribution < -0.4 is 9.47 Å². The van der Waals surface area contributed by atoms with Crippen LogP contribution >= 0.6 is 0 Å². The van der Waals surface area contributed by atoms with Gasteiger partial charge in [-0.1, -0.05) is 19.1 Å². The molecule has 0 amide bonds. The van der Waals surface area contributed by atoms with Crippen LogP contribution in [0.25, 0.3) is 0 Å². The Kier molecular flexibility index (Phi) is 3.18. The molecule has 0 saturated carbocycles. The highest BCUT2D eigenvalue weighted by Gasteiger charge is 2.32. The minimum atomic E-state index is -0.0159. The lowest BCUT2D eigenvalue weighted by Gasteiger charge is -2.16. The van der Waals surface area contributed by atoms with Crippen molar-refractivity contribution in [2.24, 2.45) is 0 Å². The Morgan fingerprint density at radius 3 is 2.55 bits per heavy atom. The molecular formula is C17H16O3. The summed E-state index contributed by atoms with van der Waals surface area (Å²) in [5, 5.41) is 0. The summed E-state index contributed by atoms with van der Waals surface area (Å²) in [5.41, 5.74) is 2.90. The second-order valence-electron chi connectivity index (χ2n) is 5.02. The van der Waals surface area contributed by atoms with Crippen molar-refractivity contribution in [2.45, 2.75) is 18.9 Å². The minimum Gasteiger partial charge on any atom is -0.497 e. The van der Waals surface area contributed by atoms with Gasteiger partial charge in [0.2, 0.25) is 0 Å². The van der Waals surface area contributed by atoms with E-state index < -0.39 is 0 Å². The molecule has 0 bridgehead atoms. The molecule has 0 radical (unpaired) electrons. The van der Waals surface area contributed by atoms with Crippen molar-refractivity contribution >= 4 is 6.29 Å². The maximum absolute atomic E-state index is 10.9. The lowest BCUT2D eigenvalue weighted by atomic mass is 9.92. The van der Waals surface area contributed by atoms with Gasteiger partial charge in [-0.25, -0.2) is 0 Å². The number of fused-ring (bicyclic) bond motifs is 1. The van der Waals surface area contributed by atoms with Gasteiger partial charge in [0.1, 0.15) is 23.9 Å². The number of carbonyl (C=O) groups excluding carboxylic acids is 1. The first-order chi connectivity index (χ1) is 9.72. The molecular weight excluding hydrogens is 252 g/mol. The number of hydrogen-bond donors (Lipinski definition) is 0. The summed E-state index contributed by atoms with van der Waals surface area (Å²) in [6, 6.07) is 13.5. The standard InChI is InChI=1S/C17H16O3/c1-11-15-9-12(10-18)3-8-16(15)20-17(11)13-4-6-14(19-2)7-5-13/h3-11,17H,1-2H3/t11-,17-/m0/s1. The second kappa shape index (κ2) is 5.00. The van der Waals surface area contributed by atoms with E-state index >= 15 is 0 Å². The highest BCUT2D eigenvalue weighted by Crippen LogP contribution is 2.46. The van der Waals surface area contributed by atoms with Crippen molar-refractivity contribution in [1.82, 2.24) is 0 Å². The molecule has 1 heterocycles. The Balaban J connectivity index is 1.92. The molecule has 3 rings (SSSR count). The van der Waals surface area contributed by atoms with Gasteiger partial charge in [-0.3, -0.25) is 4.79 Å². The van der Waals surface area contributed by atoms with Gasteiger partial charge in [-0.2, -0.15) is 0 Å². The summed E-state index contributed by atoms with van der Waals surface area (Å²) >= 11 is 0. The average Bonchev–Trinajstić information content (AvgIpc) is 2.84. The van der Waals surface area contributed by atoms with Gasteiger partial charge in [0, 0.05) is 17.0 Å². The first kappa shape index (κ1) is 12.7. The van der Waals surface area contributed by atoms with E-state index in [1.54, 1.807) is 13.2 Å². The van der Waals surface area contributed by atoms with Crippen molar-refractivity contribution in [3.63, 3.8) is 0 Å². The molecule has 0 fully saturated rings. The molecule has 0 aromatic heterocycles. The van der Waals surface area contributed by atoms with E-state index in [1.165, 1.54) is 0 Å². The lowest BCUT2D eigenvalue weighted by molar-refractivity contribution is 0.112. The predicted molar refractivity (Wildman–Crippen MR) is 76.6 cm³/mol. The average molecular weight is 268 g/mol. The molecule has 0 N–H and O–H groups in total. The zero-order valence-electron chi connectivity index (χ0n) is 11.5. The van der Waals surface area contributed by atoms with Crippen LogP contribution in [0.3, 0.4) is 0 Å². The van der Waals surface area contributed by atoms with Gasteiger partial charge in [0.05, 0.1) is 7.11 Å². The van der Waals surface area contributed by atoms with Crippen molar-refractivity contribution in [2.75, 3.05) is 7.11 Å². The van der Waals surface area contributed by atoms with E-state index in [2.05, 4.69) is 6.92 Å². The van der Waals surface area contributed by atoms with Gasteiger partial charge in [-0.15, -0.1) is 0 Å². The molecule has 3 heteroatoms. The molecule has 0 spiro atoms. The largest absolute Gasteiger partial charge is 0.497 e. The first-order valence-corrected chi connectivity index (χ1v) is 6.62. The van der Waals surface area contributed by atoms with Gasteiger partial charge >= 0.3 is 0 Å². The Labute approximate surface area is 118 Å². The van der Waals surface area contributed by atoms with E-state index in [1.807, 2.05) is 36.4 Å². The van der Waals surface area contributed by atoms with Crippen LogP contribution in [-0.4, -0.2) is 13.4 Å². The highest BCUT2D eigenvalue weighted by molar-refractivity contribution is 5.76. The van der Waals surface area contributed by atoms with Gasteiger partial charge in [0.25, 0.3) is 0 Å². The number of aldehydes is 1. The maximum atomic E-state index is 10.9. The monoisotopic (exact) mass is 268 g/mol. The number of rotatable bonds is 3. The number of methoxy groups -OCH3 is 1. The fraction of sp³-hybridized carbons (Fsp3) is 0.235. The van der Waals surface area contributed by atoms with Crippen LogP contribution in [0.5, 0.6) is 11.5 Å². The molecule has 0 saturated heterocycles. The predicted octanol–water partition coefficient (Wildman–Crippen LogP) is 3.74. The quantitative estimate of drug-likeness (QED) is 0.795. The van der Waals surface area contributed by atoms with E-state index in [9.17, 15) is 4.79 Å². The molecule has 0 aliphatic carbocycles. The van der Waals surface area contributed by atoms with Crippen molar-refractivity contribution in [3.8, 4) is 11.5 Å². The highest BCUT2D eigenvalue weighted by atomic mass is 16.5. The topological polar surface area (TPSA) is 35.5 Å². The Hall–Kier alpha value is -2.29. The Morgan fingerprint density at radius 2 is 1.90 bits per heavy atom. The third kappa shape index (κ3) is 2.05. The number of hydrogen-bond acceptors (Lipinski definition) is 3. The Bertz CT molecular complexity index is 631. The Morgan fingerprint density at radius 1 is 1.15 bits per heavy atom. The van der Waals surface area contributed by atoms with Gasteiger partial charge in [0.15, 0.2) is 0 Å². The lowest BCUT2D eigenvalue weighted by Crippen LogP contribution is -2.07. The van der Waals surface area contributed by atoms with Crippen molar-refractivity contribution < 1.29 is 14.3 Å². The van der Waals surface area contributed by atoms with Crippen molar-refractivity contribution in [1.29, 1.82) is 0 Å².